The molecule has 0 radical (unpaired) electrons. The average Bonchev–Trinajstić information content (AvgIpc) is 2.92. The van der Waals surface area contributed by atoms with Gasteiger partial charge in [0.2, 0.25) is 0 Å². The summed E-state index contributed by atoms with van der Waals surface area (Å²) in [6.07, 6.45) is 2.51. The molecule has 0 fully saturated rings. The molecule has 0 saturated heterocycles. The lowest BCUT2D eigenvalue weighted by molar-refractivity contribution is -0.118. The van der Waals surface area contributed by atoms with E-state index < -0.39 is 0 Å². The second kappa shape index (κ2) is 12.7. The standard InChI is InChI=1S/C28H28N4O4S/c1-3-17-36-23-13-9-20(10-14-23)18-29-31-26(33)19-37-28-30-25-8-6-5-7-24(25)27(34)32(28)21-11-15-22(16-12-21)35-4-2/h5-16,18H,3-4,17,19H2,1-2H3,(H,31,33). The van der Waals surface area contributed by atoms with E-state index in [4.69, 9.17) is 9.47 Å². The third-order valence-corrected chi connectivity index (χ3v) is 6.18. The molecule has 0 saturated carbocycles. The first-order chi connectivity index (χ1) is 18.1. The van der Waals surface area contributed by atoms with Crippen LogP contribution in [-0.2, 0) is 4.79 Å². The topological polar surface area (TPSA) is 94.8 Å². The summed E-state index contributed by atoms with van der Waals surface area (Å²) in [6.45, 7) is 5.18. The summed E-state index contributed by atoms with van der Waals surface area (Å²) in [5, 5.41) is 4.95. The molecule has 4 rings (SSSR count). The van der Waals surface area contributed by atoms with Crippen LogP contribution in [0, 0.1) is 0 Å². The molecule has 1 aromatic heterocycles. The summed E-state index contributed by atoms with van der Waals surface area (Å²) < 4.78 is 12.6. The highest BCUT2D eigenvalue weighted by atomic mass is 32.2. The van der Waals surface area contributed by atoms with Crippen LogP contribution < -0.4 is 20.5 Å². The number of amides is 1. The molecule has 0 bridgehead atoms. The predicted molar refractivity (Wildman–Crippen MR) is 147 cm³/mol. The van der Waals surface area contributed by atoms with Crippen LogP contribution in [0.3, 0.4) is 0 Å². The number of hydrogen-bond acceptors (Lipinski definition) is 7. The number of thioether (sulfide) groups is 1. The van der Waals surface area contributed by atoms with E-state index in [9.17, 15) is 9.59 Å². The number of nitrogens with zero attached hydrogens (tertiary/aromatic N) is 3. The van der Waals surface area contributed by atoms with Crippen LogP contribution in [0.5, 0.6) is 11.5 Å². The number of carbonyl (C=O) groups excluding carboxylic acids is 1. The van der Waals surface area contributed by atoms with Crippen LogP contribution in [0.2, 0.25) is 0 Å². The first-order valence-electron chi connectivity index (χ1n) is 12.0. The summed E-state index contributed by atoms with van der Waals surface area (Å²) in [5.74, 6) is 1.22. The van der Waals surface area contributed by atoms with Crippen LogP contribution in [0.25, 0.3) is 16.6 Å². The molecule has 0 aliphatic rings. The van der Waals surface area contributed by atoms with Gasteiger partial charge < -0.3 is 9.47 Å². The van der Waals surface area contributed by atoms with Gasteiger partial charge in [0.25, 0.3) is 11.5 Å². The summed E-state index contributed by atoms with van der Waals surface area (Å²) in [6, 6.07) is 21.8. The van der Waals surface area contributed by atoms with Gasteiger partial charge in [0.1, 0.15) is 11.5 Å². The van der Waals surface area contributed by atoms with Crippen molar-refractivity contribution in [1.82, 2.24) is 15.0 Å². The molecule has 1 amide bonds. The molecular weight excluding hydrogens is 488 g/mol. The third-order valence-electron chi connectivity index (χ3n) is 5.24. The highest BCUT2D eigenvalue weighted by Gasteiger charge is 2.15. The van der Waals surface area contributed by atoms with E-state index in [0.29, 0.717) is 40.7 Å². The highest BCUT2D eigenvalue weighted by molar-refractivity contribution is 7.99. The zero-order valence-corrected chi connectivity index (χ0v) is 21.5. The van der Waals surface area contributed by atoms with Gasteiger partial charge in [-0.05, 0) is 79.6 Å². The fraction of sp³-hybridized carbons (Fsp3) is 0.214. The summed E-state index contributed by atoms with van der Waals surface area (Å²) in [5.41, 5.74) is 4.36. The number of nitrogens with one attached hydrogen (secondary N) is 1. The van der Waals surface area contributed by atoms with Crippen molar-refractivity contribution in [2.45, 2.75) is 25.4 Å². The second-order valence-electron chi connectivity index (χ2n) is 7.98. The Morgan fingerprint density at radius 3 is 2.43 bits per heavy atom. The van der Waals surface area contributed by atoms with Crippen molar-refractivity contribution in [2.24, 2.45) is 5.10 Å². The molecule has 0 atom stereocenters. The monoisotopic (exact) mass is 516 g/mol. The minimum absolute atomic E-state index is 0.0307. The van der Waals surface area contributed by atoms with Gasteiger partial charge in [-0.3, -0.25) is 14.2 Å². The lowest BCUT2D eigenvalue weighted by Gasteiger charge is -2.13. The van der Waals surface area contributed by atoms with Crippen molar-refractivity contribution < 1.29 is 14.3 Å². The Morgan fingerprint density at radius 1 is 1.00 bits per heavy atom. The quantitative estimate of drug-likeness (QED) is 0.133. The number of carbonyl (C=O) groups is 1. The smallest absolute Gasteiger partial charge is 0.266 e. The maximum absolute atomic E-state index is 13.4. The Kier molecular flexibility index (Phi) is 8.93. The van der Waals surface area contributed by atoms with Gasteiger partial charge in [-0.15, -0.1) is 0 Å². The Labute approximate surface area is 219 Å². The van der Waals surface area contributed by atoms with Gasteiger partial charge in [-0.2, -0.15) is 5.10 Å². The molecule has 0 spiro atoms. The van der Waals surface area contributed by atoms with Gasteiger partial charge in [-0.25, -0.2) is 10.4 Å². The average molecular weight is 517 g/mol. The van der Waals surface area contributed by atoms with E-state index in [2.05, 4.69) is 22.4 Å². The van der Waals surface area contributed by atoms with E-state index in [1.54, 1.807) is 48.7 Å². The molecule has 9 heteroatoms. The van der Waals surface area contributed by atoms with Crippen molar-refractivity contribution in [3.8, 4) is 17.2 Å². The molecule has 1 heterocycles. The van der Waals surface area contributed by atoms with E-state index >= 15 is 0 Å². The maximum Gasteiger partial charge on any atom is 0.266 e. The number of hydrazone groups is 1. The fourth-order valence-corrected chi connectivity index (χ4v) is 4.31. The SMILES string of the molecule is CCCOc1ccc(C=NNC(=O)CSc2nc3ccccc3c(=O)n2-c2ccc(OCC)cc2)cc1. The second-order valence-corrected chi connectivity index (χ2v) is 8.92. The molecule has 4 aromatic rings. The van der Waals surface area contributed by atoms with Crippen molar-refractivity contribution in [3.63, 3.8) is 0 Å². The van der Waals surface area contributed by atoms with E-state index in [0.717, 1.165) is 17.7 Å². The number of para-hydroxylation sites is 1. The van der Waals surface area contributed by atoms with Crippen molar-refractivity contribution >= 4 is 34.8 Å². The molecular formula is C28H28N4O4S. The van der Waals surface area contributed by atoms with Crippen LogP contribution in [0.15, 0.2) is 87.8 Å². The number of benzene rings is 3. The van der Waals surface area contributed by atoms with E-state index in [1.165, 1.54) is 16.3 Å². The highest BCUT2D eigenvalue weighted by Crippen LogP contribution is 2.23. The van der Waals surface area contributed by atoms with Gasteiger partial charge in [-0.1, -0.05) is 30.8 Å². The summed E-state index contributed by atoms with van der Waals surface area (Å²) in [4.78, 5) is 30.5. The Bertz CT molecular complexity index is 1430. The maximum atomic E-state index is 13.4. The minimum Gasteiger partial charge on any atom is -0.494 e. The predicted octanol–water partition coefficient (Wildman–Crippen LogP) is 4.82. The van der Waals surface area contributed by atoms with Gasteiger partial charge in [0, 0.05) is 0 Å². The Balaban J connectivity index is 1.48. The molecule has 37 heavy (non-hydrogen) atoms. The third kappa shape index (κ3) is 6.77. The molecule has 0 unspecified atom stereocenters. The first kappa shape index (κ1) is 26.0. The molecule has 190 valence electrons. The molecule has 3 aromatic carbocycles. The minimum atomic E-state index is -0.315. The van der Waals surface area contributed by atoms with Crippen LogP contribution in [0.4, 0.5) is 0 Å². The summed E-state index contributed by atoms with van der Waals surface area (Å²) in [7, 11) is 0. The normalized spacial score (nSPS) is 11.1. The van der Waals surface area contributed by atoms with Crippen molar-refractivity contribution in [1.29, 1.82) is 0 Å². The molecule has 0 aliphatic heterocycles. The molecule has 8 nitrogen and oxygen atoms in total. The zero-order chi connectivity index (χ0) is 26.0. The largest absolute Gasteiger partial charge is 0.494 e. The number of ether oxygens (including phenoxy) is 2. The van der Waals surface area contributed by atoms with E-state index in [1.807, 2.05) is 37.3 Å². The number of fused-ring (bicyclic) bond motifs is 1. The van der Waals surface area contributed by atoms with E-state index in [-0.39, 0.29) is 17.2 Å². The fourth-order valence-electron chi connectivity index (χ4n) is 3.51. The lowest BCUT2D eigenvalue weighted by atomic mass is 10.2. The van der Waals surface area contributed by atoms with Crippen molar-refractivity contribution in [2.75, 3.05) is 19.0 Å². The van der Waals surface area contributed by atoms with Gasteiger partial charge in [0.05, 0.1) is 41.8 Å². The number of rotatable bonds is 11. The lowest BCUT2D eigenvalue weighted by Crippen LogP contribution is -2.24. The molecule has 0 aliphatic carbocycles. The Hall–Kier alpha value is -4.11. The number of hydrogen-bond donors (Lipinski definition) is 1. The zero-order valence-electron chi connectivity index (χ0n) is 20.7. The van der Waals surface area contributed by atoms with Crippen LogP contribution in [-0.4, -0.2) is 40.6 Å². The van der Waals surface area contributed by atoms with Gasteiger partial charge >= 0.3 is 0 Å². The summed E-state index contributed by atoms with van der Waals surface area (Å²) >= 11 is 1.17. The van der Waals surface area contributed by atoms with Crippen LogP contribution in [0.1, 0.15) is 25.8 Å². The molecule has 1 N–H and O–H groups in total. The Morgan fingerprint density at radius 2 is 1.70 bits per heavy atom. The van der Waals surface area contributed by atoms with Gasteiger partial charge in [0.15, 0.2) is 5.16 Å². The first-order valence-corrected chi connectivity index (χ1v) is 13.0. The van der Waals surface area contributed by atoms with Crippen molar-refractivity contribution in [3.05, 3.63) is 88.7 Å². The number of aromatic nitrogens is 2. The van der Waals surface area contributed by atoms with Crippen LogP contribution >= 0.6 is 11.8 Å².